The number of aryl methyl sites for hydroxylation is 1. The molecule has 1 fully saturated rings. The van der Waals surface area contributed by atoms with Gasteiger partial charge in [-0.15, -0.1) is 0 Å². The molecule has 2 unspecified atom stereocenters. The second-order valence-electron chi connectivity index (χ2n) is 6.76. The van der Waals surface area contributed by atoms with Crippen molar-refractivity contribution in [2.75, 3.05) is 38.5 Å². The molecule has 0 saturated carbocycles. The van der Waals surface area contributed by atoms with Gasteiger partial charge in [0.05, 0.1) is 25.9 Å². The Morgan fingerprint density at radius 2 is 2.21 bits per heavy atom. The third-order valence-corrected chi connectivity index (χ3v) is 5.84. The molecule has 0 aliphatic carbocycles. The van der Waals surface area contributed by atoms with Crippen molar-refractivity contribution >= 4 is 16.8 Å². The van der Waals surface area contributed by atoms with Crippen LogP contribution in [0.15, 0.2) is 47.7 Å². The summed E-state index contributed by atoms with van der Waals surface area (Å²) in [6.45, 7) is 5.55. The molecule has 2 aromatic rings. The summed E-state index contributed by atoms with van der Waals surface area (Å²) in [5.74, 6) is 1.99. The summed E-state index contributed by atoms with van der Waals surface area (Å²) in [4.78, 5) is 6.93. The maximum atomic E-state index is 12.3. The van der Waals surface area contributed by atoms with Crippen molar-refractivity contribution in [3.63, 3.8) is 0 Å². The van der Waals surface area contributed by atoms with E-state index in [1.165, 1.54) is 0 Å². The molecule has 0 spiro atoms. The first kappa shape index (κ1) is 20.5. The van der Waals surface area contributed by atoms with Crippen LogP contribution in [0.3, 0.4) is 0 Å². The van der Waals surface area contributed by atoms with Gasteiger partial charge >= 0.3 is 0 Å². The Hall–Kier alpha value is -2.19. The van der Waals surface area contributed by atoms with Crippen LogP contribution in [0.5, 0.6) is 0 Å². The van der Waals surface area contributed by atoms with Gasteiger partial charge in [-0.1, -0.05) is 30.3 Å². The summed E-state index contributed by atoms with van der Waals surface area (Å²) in [7, 11) is 0.989. The van der Waals surface area contributed by atoms with E-state index in [0.717, 1.165) is 36.7 Å². The molecule has 1 saturated heterocycles. The highest BCUT2D eigenvalue weighted by molar-refractivity contribution is 7.84. The molecular weight excluding hydrogens is 374 g/mol. The second-order valence-corrected chi connectivity index (χ2v) is 8.34. The Bertz CT molecular complexity index is 793. The average molecular weight is 404 g/mol. The minimum absolute atomic E-state index is 0.0153. The maximum absolute atomic E-state index is 12.3. The van der Waals surface area contributed by atoms with Gasteiger partial charge in [0.2, 0.25) is 0 Å². The summed E-state index contributed by atoms with van der Waals surface area (Å²) >= 11 is 0. The van der Waals surface area contributed by atoms with E-state index < -0.39 is 10.8 Å². The lowest BCUT2D eigenvalue weighted by Crippen LogP contribution is -2.48. The van der Waals surface area contributed by atoms with Gasteiger partial charge in [0.25, 0.3) is 0 Å². The minimum Gasteiger partial charge on any atom is -0.370 e. The molecule has 2 heterocycles. The van der Waals surface area contributed by atoms with Crippen molar-refractivity contribution in [1.82, 2.24) is 20.0 Å². The standard InChI is InChI=1S/C20H29N5O2S/c1-3-21-20(22-9-12-28(26)16-17-7-5-4-6-8-17)25-10-11-27-19(15-25)18-13-23-24(2)14-18/h4-8,13-14,19H,3,9-12,15-16H2,1-2H3,(H,21,22). The molecule has 2 atom stereocenters. The molecule has 0 amide bonds. The van der Waals surface area contributed by atoms with E-state index in [9.17, 15) is 4.21 Å². The molecule has 0 radical (unpaired) electrons. The van der Waals surface area contributed by atoms with E-state index >= 15 is 0 Å². The SMILES string of the molecule is CCNC(=NCCS(=O)Cc1ccccc1)N1CCOC(c2cnn(C)c2)C1. The molecule has 1 aromatic carbocycles. The van der Waals surface area contributed by atoms with E-state index in [2.05, 4.69) is 22.2 Å². The highest BCUT2D eigenvalue weighted by Gasteiger charge is 2.25. The Labute approximate surface area is 169 Å². The van der Waals surface area contributed by atoms with E-state index in [4.69, 9.17) is 9.73 Å². The van der Waals surface area contributed by atoms with Crippen LogP contribution >= 0.6 is 0 Å². The van der Waals surface area contributed by atoms with Gasteiger partial charge in [-0.2, -0.15) is 5.10 Å². The minimum atomic E-state index is -0.919. The Kier molecular flexibility index (Phi) is 7.62. The number of hydrogen-bond donors (Lipinski definition) is 1. The molecule has 1 aliphatic rings. The molecule has 0 bridgehead atoms. The Balaban J connectivity index is 1.56. The van der Waals surface area contributed by atoms with Gasteiger partial charge in [-0.3, -0.25) is 13.9 Å². The number of nitrogens with zero attached hydrogens (tertiary/aromatic N) is 4. The first-order chi connectivity index (χ1) is 13.7. The summed E-state index contributed by atoms with van der Waals surface area (Å²) in [5.41, 5.74) is 2.18. The average Bonchev–Trinajstić information content (AvgIpc) is 3.15. The quantitative estimate of drug-likeness (QED) is 0.563. The molecule has 1 N–H and O–H groups in total. The lowest BCUT2D eigenvalue weighted by molar-refractivity contribution is -0.00802. The van der Waals surface area contributed by atoms with Crippen LogP contribution in [0.25, 0.3) is 0 Å². The van der Waals surface area contributed by atoms with Crippen LogP contribution in [-0.2, 0) is 28.3 Å². The first-order valence-electron chi connectivity index (χ1n) is 9.68. The van der Waals surface area contributed by atoms with Crippen LogP contribution in [0.1, 0.15) is 24.2 Å². The van der Waals surface area contributed by atoms with Gasteiger partial charge in [-0.05, 0) is 12.5 Å². The fourth-order valence-electron chi connectivity index (χ4n) is 3.16. The predicted octanol–water partition coefficient (Wildman–Crippen LogP) is 1.71. The molecule has 1 aliphatic heterocycles. The molecule has 3 rings (SSSR count). The molecule has 1 aromatic heterocycles. The zero-order valence-corrected chi connectivity index (χ0v) is 17.4. The topological polar surface area (TPSA) is 71.8 Å². The van der Waals surface area contributed by atoms with Gasteiger partial charge in [-0.25, -0.2) is 0 Å². The van der Waals surface area contributed by atoms with Crippen LogP contribution in [0.2, 0.25) is 0 Å². The summed E-state index contributed by atoms with van der Waals surface area (Å²) in [6, 6.07) is 9.95. The highest BCUT2D eigenvalue weighted by atomic mass is 32.2. The third kappa shape index (κ3) is 5.90. The van der Waals surface area contributed by atoms with E-state index in [1.54, 1.807) is 4.68 Å². The largest absolute Gasteiger partial charge is 0.370 e. The van der Waals surface area contributed by atoms with Crippen molar-refractivity contribution in [1.29, 1.82) is 0 Å². The fraction of sp³-hybridized carbons (Fsp3) is 0.500. The number of ether oxygens (including phenoxy) is 1. The monoisotopic (exact) mass is 403 g/mol. The van der Waals surface area contributed by atoms with Crippen molar-refractivity contribution in [2.24, 2.45) is 12.0 Å². The van der Waals surface area contributed by atoms with Gasteiger partial charge in [0, 0.05) is 54.2 Å². The zero-order chi connectivity index (χ0) is 19.8. The third-order valence-electron chi connectivity index (χ3n) is 4.55. The van der Waals surface area contributed by atoms with Crippen LogP contribution in [0, 0.1) is 0 Å². The number of morpholine rings is 1. The van der Waals surface area contributed by atoms with Gasteiger partial charge in [0.15, 0.2) is 5.96 Å². The molecule has 7 nitrogen and oxygen atoms in total. The van der Waals surface area contributed by atoms with Crippen LogP contribution in [0.4, 0.5) is 0 Å². The van der Waals surface area contributed by atoms with E-state index in [-0.39, 0.29) is 6.10 Å². The smallest absolute Gasteiger partial charge is 0.194 e. The number of guanidine groups is 1. The van der Waals surface area contributed by atoms with Crippen molar-refractivity contribution < 1.29 is 8.95 Å². The van der Waals surface area contributed by atoms with Crippen molar-refractivity contribution in [3.05, 3.63) is 53.9 Å². The molecule has 28 heavy (non-hydrogen) atoms. The number of aliphatic imine (C=N–C) groups is 1. The lowest BCUT2D eigenvalue weighted by Gasteiger charge is -2.34. The van der Waals surface area contributed by atoms with Gasteiger partial charge in [0.1, 0.15) is 6.10 Å². The van der Waals surface area contributed by atoms with E-state index in [0.29, 0.717) is 24.7 Å². The normalized spacial score (nSPS) is 18.9. The van der Waals surface area contributed by atoms with Crippen LogP contribution < -0.4 is 5.32 Å². The molecule has 8 heteroatoms. The zero-order valence-electron chi connectivity index (χ0n) is 16.6. The van der Waals surface area contributed by atoms with Crippen LogP contribution in [-0.4, -0.2) is 63.4 Å². The molecule has 152 valence electrons. The summed E-state index contributed by atoms with van der Waals surface area (Å²) in [6.07, 6.45) is 3.83. The maximum Gasteiger partial charge on any atom is 0.194 e. The lowest BCUT2D eigenvalue weighted by atomic mass is 10.1. The number of aromatic nitrogens is 2. The molecular formula is C20H29N5O2S. The summed E-state index contributed by atoms with van der Waals surface area (Å²) < 4.78 is 20.1. The number of nitrogens with one attached hydrogen (secondary N) is 1. The fourth-order valence-corrected chi connectivity index (χ4v) is 4.16. The van der Waals surface area contributed by atoms with Crippen molar-refractivity contribution in [2.45, 2.75) is 18.8 Å². The first-order valence-corrected chi connectivity index (χ1v) is 11.2. The van der Waals surface area contributed by atoms with Gasteiger partial charge < -0.3 is 15.0 Å². The number of rotatable bonds is 7. The Morgan fingerprint density at radius 1 is 1.39 bits per heavy atom. The number of benzene rings is 1. The number of hydrogen-bond acceptors (Lipinski definition) is 4. The van der Waals surface area contributed by atoms with E-state index in [1.807, 2.05) is 49.8 Å². The summed E-state index contributed by atoms with van der Waals surface area (Å²) in [5, 5.41) is 7.59. The predicted molar refractivity (Wildman–Crippen MR) is 113 cm³/mol. The highest BCUT2D eigenvalue weighted by Crippen LogP contribution is 2.21. The Morgan fingerprint density at radius 3 is 2.93 bits per heavy atom. The van der Waals surface area contributed by atoms with Crippen molar-refractivity contribution in [3.8, 4) is 0 Å². The second kappa shape index (κ2) is 10.4.